The minimum atomic E-state index is -4.98. The second-order valence-electron chi connectivity index (χ2n) is 10.4. The Hall–Kier alpha value is -5.46. The van der Waals surface area contributed by atoms with Crippen LogP contribution in [-0.4, -0.2) is 24.9 Å². The molecule has 0 saturated carbocycles. The zero-order valence-electron chi connectivity index (χ0n) is 25.0. The summed E-state index contributed by atoms with van der Waals surface area (Å²) in [7, 11) is -4.98. The fraction of sp³-hybridized carbons (Fsp3) is 0.171. The van der Waals surface area contributed by atoms with Crippen LogP contribution >= 0.6 is 0 Å². The molecule has 0 atom stereocenters. The molecule has 0 spiro atoms. The van der Waals surface area contributed by atoms with E-state index in [4.69, 9.17) is 22.8 Å². The van der Waals surface area contributed by atoms with E-state index in [1.807, 2.05) is 48.5 Å². The van der Waals surface area contributed by atoms with E-state index in [9.17, 15) is 27.4 Å². The summed E-state index contributed by atoms with van der Waals surface area (Å²) in [4.78, 5) is 38.5. The molecule has 5 rings (SSSR count). The fourth-order valence-electron chi connectivity index (χ4n) is 4.60. The van der Waals surface area contributed by atoms with Crippen LogP contribution in [-0.2, 0) is 37.9 Å². The lowest BCUT2D eigenvalue weighted by Gasteiger charge is -2.14. The van der Waals surface area contributed by atoms with Gasteiger partial charge in [0.2, 0.25) is 11.2 Å². The van der Waals surface area contributed by atoms with E-state index in [2.05, 4.69) is 0 Å². The summed E-state index contributed by atoms with van der Waals surface area (Å²) in [5.74, 6) is -2.18. The van der Waals surface area contributed by atoms with Crippen molar-refractivity contribution in [2.24, 2.45) is 0 Å². The standard InChI is InChI=1S/C35H30O11S/c36-31(43-23-25-13-5-2-6-14-25)17-9-10-18-32(37)45-35-33(38)27-15-7-8-16-28(27)44-34(35)26-19-20-29(30(21-26)46-47(39,40)41)42-22-24-11-3-1-4-12-24/h1-8,11-16,19-21H,9-10,17-18,22-23H2,(H,39,40,41). The van der Waals surface area contributed by atoms with Gasteiger partial charge in [0.15, 0.2) is 17.3 Å². The molecule has 0 aliphatic heterocycles. The van der Waals surface area contributed by atoms with Gasteiger partial charge in [-0.1, -0.05) is 72.8 Å². The first-order chi connectivity index (χ1) is 22.7. The van der Waals surface area contributed by atoms with Gasteiger partial charge in [-0.2, -0.15) is 8.42 Å². The second kappa shape index (κ2) is 15.2. The molecule has 12 heteroatoms. The smallest absolute Gasteiger partial charge is 0.446 e. The molecular formula is C35H30O11S. The highest BCUT2D eigenvalue weighted by Gasteiger charge is 2.23. The van der Waals surface area contributed by atoms with Crippen molar-refractivity contribution in [2.45, 2.75) is 38.9 Å². The van der Waals surface area contributed by atoms with Crippen molar-refractivity contribution in [1.29, 1.82) is 0 Å². The van der Waals surface area contributed by atoms with E-state index < -0.39 is 39.3 Å². The second-order valence-corrected chi connectivity index (χ2v) is 11.4. The Morgan fingerprint density at radius 1 is 0.723 bits per heavy atom. The lowest BCUT2D eigenvalue weighted by molar-refractivity contribution is -0.145. The first kappa shape index (κ1) is 32.9. The van der Waals surface area contributed by atoms with Crippen LogP contribution in [0.1, 0.15) is 36.8 Å². The Balaban J connectivity index is 1.34. The number of benzene rings is 4. The Labute approximate surface area is 270 Å². The number of para-hydroxylation sites is 1. The van der Waals surface area contributed by atoms with Gasteiger partial charge in [-0.05, 0) is 54.3 Å². The topological polar surface area (TPSA) is 156 Å². The highest BCUT2D eigenvalue weighted by atomic mass is 32.3. The molecule has 242 valence electrons. The van der Waals surface area contributed by atoms with Crippen molar-refractivity contribution >= 4 is 33.3 Å². The number of esters is 2. The van der Waals surface area contributed by atoms with Crippen molar-refractivity contribution < 1.29 is 45.4 Å². The van der Waals surface area contributed by atoms with E-state index >= 15 is 0 Å². The summed E-state index contributed by atoms with van der Waals surface area (Å²) in [5.41, 5.74) is 1.29. The Morgan fingerprint density at radius 2 is 1.34 bits per heavy atom. The van der Waals surface area contributed by atoms with Gasteiger partial charge in [0, 0.05) is 18.4 Å². The van der Waals surface area contributed by atoms with Crippen LogP contribution in [0.4, 0.5) is 0 Å². The van der Waals surface area contributed by atoms with Gasteiger partial charge in [0.25, 0.3) is 0 Å². The van der Waals surface area contributed by atoms with Crippen LogP contribution in [0.3, 0.4) is 0 Å². The summed E-state index contributed by atoms with van der Waals surface area (Å²) < 4.78 is 60.1. The van der Waals surface area contributed by atoms with Crippen LogP contribution in [0.2, 0.25) is 0 Å². The van der Waals surface area contributed by atoms with Crippen molar-refractivity contribution in [3.63, 3.8) is 0 Å². The number of carbonyl (C=O) groups excluding carboxylic acids is 2. The highest BCUT2D eigenvalue weighted by molar-refractivity contribution is 7.81. The highest BCUT2D eigenvalue weighted by Crippen LogP contribution is 2.38. The van der Waals surface area contributed by atoms with E-state index in [0.29, 0.717) is 6.42 Å². The van der Waals surface area contributed by atoms with Crippen molar-refractivity contribution in [1.82, 2.24) is 0 Å². The Kier molecular flexibility index (Phi) is 10.7. The van der Waals surface area contributed by atoms with Crippen molar-refractivity contribution in [3.05, 3.63) is 124 Å². The average Bonchev–Trinajstić information content (AvgIpc) is 3.06. The number of rotatable bonds is 14. The summed E-state index contributed by atoms with van der Waals surface area (Å²) in [6.07, 6.45) is 0.621. The normalized spacial score (nSPS) is 11.2. The number of ether oxygens (including phenoxy) is 3. The Morgan fingerprint density at radius 3 is 2.02 bits per heavy atom. The lowest BCUT2D eigenvalue weighted by atomic mass is 10.1. The maximum absolute atomic E-state index is 13.5. The van der Waals surface area contributed by atoms with Gasteiger partial charge < -0.3 is 22.8 Å². The minimum absolute atomic E-state index is 0.0285. The first-order valence-corrected chi connectivity index (χ1v) is 16.0. The summed E-state index contributed by atoms with van der Waals surface area (Å²) in [6, 6.07) is 28.7. The Bertz CT molecular complexity index is 2020. The molecule has 0 radical (unpaired) electrons. The third kappa shape index (κ3) is 9.28. The summed E-state index contributed by atoms with van der Waals surface area (Å²) in [5, 5.41) is 0.150. The molecule has 0 bridgehead atoms. The van der Waals surface area contributed by atoms with Gasteiger partial charge in [0.05, 0.1) is 5.39 Å². The predicted molar refractivity (Wildman–Crippen MR) is 171 cm³/mol. The average molecular weight is 659 g/mol. The fourth-order valence-corrected chi connectivity index (χ4v) is 4.96. The molecule has 1 N–H and O–H groups in total. The third-order valence-electron chi connectivity index (χ3n) is 6.86. The first-order valence-electron chi connectivity index (χ1n) is 14.6. The van der Waals surface area contributed by atoms with Crippen LogP contribution < -0.4 is 19.1 Å². The maximum atomic E-state index is 13.5. The van der Waals surface area contributed by atoms with Crippen LogP contribution in [0, 0.1) is 0 Å². The van der Waals surface area contributed by atoms with Crippen molar-refractivity contribution in [2.75, 3.05) is 0 Å². The van der Waals surface area contributed by atoms with E-state index in [0.717, 1.165) is 11.1 Å². The molecule has 1 heterocycles. The molecule has 0 saturated heterocycles. The molecule has 0 unspecified atom stereocenters. The van der Waals surface area contributed by atoms with Gasteiger partial charge in [-0.3, -0.25) is 18.9 Å². The van der Waals surface area contributed by atoms with Crippen LogP contribution in [0.15, 0.2) is 112 Å². The molecule has 4 aromatic carbocycles. The van der Waals surface area contributed by atoms with E-state index in [1.165, 1.54) is 24.3 Å². The molecule has 0 fully saturated rings. The number of carbonyl (C=O) groups is 2. The van der Waals surface area contributed by atoms with Crippen molar-refractivity contribution in [3.8, 4) is 28.6 Å². The molecule has 1 aromatic heterocycles. The number of fused-ring (bicyclic) bond motifs is 1. The molecule has 0 aliphatic rings. The molecule has 0 amide bonds. The number of hydrogen-bond acceptors (Lipinski definition) is 10. The molecule has 0 aliphatic carbocycles. The minimum Gasteiger partial charge on any atom is -0.485 e. The largest absolute Gasteiger partial charge is 0.485 e. The van der Waals surface area contributed by atoms with Gasteiger partial charge in [-0.25, -0.2) is 0 Å². The van der Waals surface area contributed by atoms with E-state index in [1.54, 1.807) is 30.3 Å². The van der Waals surface area contributed by atoms with Crippen LogP contribution in [0.5, 0.6) is 17.2 Å². The molecule has 11 nitrogen and oxygen atoms in total. The number of unbranched alkanes of at least 4 members (excludes halogenated alkanes) is 1. The summed E-state index contributed by atoms with van der Waals surface area (Å²) in [6.45, 7) is 0.208. The predicted octanol–water partition coefficient (Wildman–Crippen LogP) is 6.43. The van der Waals surface area contributed by atoms with Gasteiger partial charge >= 0.3 is 22.3 Å². The zero-order chi connectivity index (χ0) is 33.2. The molecule has 47 heavy (non-hydrogen) atoms. The van der Waals surface area contributed by atoms with Gasteiger partial charge in [0.1, 0.15) is 18.8 Å². The maximum Gasteiger partial charge on any atom is 0.446 e. The lowest BCUT2D eigenvalue weighted by Crippen LogP contribution is -2.16. The van der Waals surface area contributed by atoms with E-state index in [-0.39, 0.29) is 60.5 Å². The quantitative estimate of drug-likeness (QED) is 0.0797. The molecule has 5 aromatic rings. The number of hydrogen-bond donors (Lipinski definition) is 1. The molecular weight excluding hydrogens is 628 g/mol. The van der Waals surface area contributed by atoms with Crippen LogP contribution in [0.25, 0.3) is 22.3 Å². The zero-order valence-corrected chi connectivity index (χ0v) is 25.8. The monoisotopic (exact) mass is 658 g/mol. The SMILES string of the molecule is O=C(CCCCC(=O)Oc1c(-c2ccc(OCc3ccccc3)c(OS(=O)(=O)O)c2)oc2ccccc2c1=O)OCc1ccccc1. The van der Waals surface area contributed by atoms with Gasteiger partial charge in [-0.15, -0.1) is 0 Å². The third-order valence-corrected chi connectivity index (χ3v) is 7.25. The summed E-state index contributed by atoms with van der Waals surface area (Å²) >= 11 is 0.